The lowest BCUT2D eigenvalue weighted by Crippen LogP contribution is -2.51. The molecule has 0 N–H and O–H groups in total. The van der Waals surface area contributed by atoms with Gasteiger partial charge in [0.15, 0.2) is 5.79 Å². The number of carbonyl (C=O) groups excluding carboxylic acids is 1. The van der Waals surface area contributed by atoms with E-state index in [9.17, 15) is 4.79 Å². The van der Waals surface area contributed by atoms with Gasteiger partial charge in [-0.15, -0.1) is 0 Å². The minimum Gasteiger partial charge on any atom is -0.462 e. The molecule has 1 aromatic carbocycles. The molecule has 0 amide bonds. The Morgan fingerprint density at radius 1 is 1.25 bits per heavy atom. The topological polar surface area (TPSA) is 54.0 Å². The lowest BCUT2D eigenvalue weighted by Gasteiger charge is -2.42. The molecule has 0 aliphatic carbocycles. The second-order valence-electron chi connectivity index (χ2n) is 6.54. The highest BCUT2D eigenvalue weighted by Gasteiger charge is 2.38. The summed E-state index contributed by atoms with van der Waals surface area (Å²) in [6, 6.07) is 9.02. The summed E-state index contributed by atoms with van der Waals surface area (Å²) < 4.78 is 22.8. The molecule has 0 spiro atoms. The molecule has 5 heteroatoms. The Morgan fingerprint density at radius 3 is 2.83 bits per heavy atom. The third-order valence-corrected chi connectivity index (χ3v) is 4.12. The van der Waals surface area contributed by atoms with Gasteiger partial charge in [0.1, 0.15) is 12.2 Å². The molecular weight excluding hydrogens is 308 g/mol. The van der Waals surface area contributed by atoms with Gasteiger partial charge in [0.25, 0.3) is 0 Å². The van der Waals surface area contributed by atoms with Crippen LogP contribution in [-0.2, 0) is 18.9 Å². The van der Waals surface area contributed by atoms with Gasteiger partial charge in [0.2, 0.25) is 0 Å². The molecule has 24 heavy (non-hydrogen) atoms. The first-order valence-electron chi connectivity index (χ1n) is 8.41. The van der Waals surface area contributed by atoms with Crippen LogP contribution in [0, 0.1) is 0 Å². The van der Waals surface area contributed by atoms with Crippen molar-refractivity contribution in [2.24, 2.45) is 0 Å². The highest BCUT2D eigenvalue weighted by Crippen LogP contribution is 2.29. The van der Waals surface area contributed by atoms with Gasteiger partial charge in [0, 0.05) is 0 Å². The molecule has 1 fully saturated rings. The molecule has 1 aromatic rings. The summed E-state index contributed by atoms with van der Waals surface area (Å²) in [6.45, 7) is 4.73. The van der Waals surface area contributed by atoms with Gasteiger partial charge in [-0.2, -0.15) is 0 Å². The Kier molecular flexibility index (Phi) is 5.33. The lowest BCUT2D eigenvalue weighted by atomic mass is 10.0. The van der Waals surface area contributed by atoms with E-state index in [0.717, 1.165) is 12.8 Å². The van der Waals surface area contributed by atoms with Gasteiger partial charge in [-0.05, 0) is 38.8 Å². The summed E-state index contributed by atoms with van der Waals surface area (Å²) in [7, 11) is 0. The number of rotatable bonds is 5. The van der Waals surface area contributed by atoms with Crippen LogP contribution in [0.15, 0.2) is 42.5 Å². The first-order valence-corrected chi connectivity index (χ1v) is 8.41. The zero-order valence-electron chi connectivity index (χ0n) is 14.1. The molecular formula is C19H24O5. The molecule has 0 saturated carbocycles. The van der Waals surface area contributed by atoms with Gasteiger partial charge >= 0.3 is 5.97 Å². The second kappa shape index (κ2) is 7.47. The van der Waals surface area contributed by atoms with E-state index in [0.29, 0.717) is 18.8 Å². The average Bonchev–Trinajstić information content (AvgIpc) is 2.58. The fourth-order valence-electron chi connectivity index (χ4n) is 2.87. The van der Waals surface area contributed by atoms with Crippen molar-refractivity contribution in [3.05, 3.63) is 48.0 Å². The van der Waals surface area contributed by atoms with E-state index >= 15 is 0 Å². The smallest absolute Gasteiger partial charge is 0.338 e. The van der Waals surface area contributed by atoms with E-state index in [1.165, 1.54) is 0 Å². The Bertz CT molecular complexity index is 581. The number of esters is 1. The number of carbonyl (C=O) groups is 1. The number of fused-ring (bicyclic) bond motifs is 1. The first kappa shape index (κ1) is 17.1. The van der Waals surface area contributed by atoms with Crippen LogP contribution >= 0.6 is 0 Å². The molecule has 130 valence electrons. The lowest BCUT2D eigenvalue weighted by molar-refractivity contribution is -0.305. The summed E-state index contributed by atoms with van der Waals surface area (Å²) in [5.41, 5.74) is 0.577. The summed E-state index contributed by atoms with van der Waals surface area (Å²) in [5, 5.41) is 0. The molecule has 0 bridgehead atoms. The van der Waals surface area contributed by atoms with Crippen LogP contribution < -0.4 is 0 Å². The maximum absolute atomic E-state index is 11.8. The van der Waals surface area contributed by atoms with E-state index in [4.69, 9.17) is 18.9 Å². The van der Waals surface area contributed by atoms with Crippen LogP contribution in [0.3, 0.4) is 0 Å². The summed E-state index contributed by atoms with van der Waals surface area (Å²) in [4.78, 5) is 11.8. The zero-order chi connectivity index (χ0) is 17.0. The molecule has 2 aliphatic rings. The number of hydrogen-bond acceptors (Lipinski definition) is 5. The third-order valence-electron chi connectivity index (χ3n) is 4.12. The van der Waals surface area contributed by atoms with E-state index in [2.05, 4.69) is 6.08 Å². The van der Waals surface area contributed by atoms with E-state index in [1.54, 1.807) is 12.1 Å². The van der Waals surface area contributed by atoms with E-state index in [-0.39, 0.29) is 24.3 Å². The van der Waals surface area contributed by atoms with Crippen LogP contribution in [0.1, 0.15) is 37.0 Å². The van der Waals surface area contributed by atoms with Crippen LogP contribution in [0.4, 0.5) is 0 Å². The minimum absolute atomic E-state index is 0.00934. The maximum Gasteiger partial charge on any atom is 0.338 e. The zero-order valence-corrected chi connectivity index (χ0v) is 14.1. The largest absolute Gasteiger partial charge is 0.462 e. The van der Waals surface area contributed by atoms with Crippen LogP contribution in [-0.4, -0.2) is 43.3 Å². The fraction of sp³-hybridized carbons (Fsp3) is 0.526. The van der Waals surface area contributed by atoms with Crippen molar-refractivity contribution in [1.29, 1.82) is 0 Å². The third kappa shape index (κ3) is 4.44. The highest BCUT2D eigenvalue weighted by molar-refractivity contribution is 5.89. The van der Waals surface area contributed by atoms with Crippen molar-refractivity contribution in [3.63, 3.8) is 0 Å². The Balaban J connectivity index is 1.40. The van der Waals surface area contributed by atoms with Gasteiger partial charge in [-0.1, -0.05) is 30.4 Å². The number of hydrogen-bond donors (Lipinski definition) is 0. The minimum atomic E-state index is -0.562. The Hall–Kier alpha value is -1.69. The fourth-order valence-corrected chi connectivity index (χ4v) is 2.87. The predicted molar refractivity (Wildman–Crippen MR) is 88.7 cm³/mol. The second-order valence-corrected chi connectivity index (χ2v) is 6.54. The van der Waals surface area contributed by atoms with Crippen molar-refractivity contribution < 1.29 is 23.7 Å². The van der Waals surface area contributed by atoms with Crippen molar-refractivity contribution in [1.82, 2.24) is 0 Å². The summed E-state index contributed by atoms with van der Waals surface area (Å²) >= 11 is 0. The number of benzene rings is 1. The maximum atomic E-state index is 11.8. The highest BCUT2D eigenvalue weighted by atomic mass is 16.7. The standard InChI is InChI=1S/C19H24O5/c1-19(2)22-13-17-16(24-19)11-10-15(23-17)9-6-12-21-18(20)14-7-4-3-5-8-14/h3-5,7-8,10-11,15-17H,6,9,12-13H2,1-2H3/t15-,16+,17-/m1/s1. The quantitative estimate of drug-likeness (QED) is 0.471. The van der Waals surface area contributed by atoms with Gasteiger partial charge < -0.3 is 18.9 Å². The molecule has 1 saturated heterocycles. The van der Waals surface area contributed by atoms with Crippen LogP contribution in [0.25, 0.3) is 0 Å². The van der Waals surface area contributed by atoms with Crippen LogP contribution in [0.5, 0.6) is 0 Å². The van der Waals surface area contributed by atoms with E-state index < -0.39 is 5.79 Å². The number of ether oxygens (including phenoxy) is 4. The van der Waals surface area contributed by atoms with Gasteiger partial charge in [0.05, 0.1) is 24.9 Å². The average molecular weight is 332 g/mol. The molecule has 0 unspecified atom stereocenters. The van der Waals surface area contributed by atoms with Gasteiger partial charge in [-0.25, -0.2) is 4.79 Å². The molecule has 2 heterocycles. The molecule has 3 rings (SSSR count). The molecule has 3 atom stereocenters. The van der Waals surface area contributed by atoms with Crippen LogP contribution in [0.2, 0.25) is 0 Å². The molecule has 0 radical (unpaired) electrons. The first-order chi connectivity index (χ1) is 11.5. The monoisotopic (exact) mass is 332 g/mol. The van der Waals surface area contributed by atoms with E-state index in [1.807, 2.05) is 38.1 Å². The normalized spacial score (nSPS) is 28.2. The van der Waals surface area contributed by atoms with Crippen molar-refractivity contribution in [2.75, 3.05) is 13.2 Å². The summed E-state index contributed by atoms with van der Waals surface area (Å²) in [5.74, 6) is -0.847. The van der Waals surface area contributed by atoms with Crippen molar-refractivity contribution >= 4 is 5.97 Å². The van der Waals surface area contributed by atoms with Crippen molar-refractivity contribution in [2.45, 2.75) is 50.8 Å². The molecule has 2 aliphatic heterocycles. The summed E-state index contributed by atoms with van der Waals surface area (Å²) in [6.07, 6.45) is 5.51. The predicted octanol–water partition coefficient (Wildman–Crippen LogP) is 3.10. The molecule has 5 nitrogen and oxygen atoms in total. The Labute approximate surface area is 142 Å². The van der Waals surface area contributed by atoms with Gasteiger partial charge in [-0.3, -0.25) is 0 Å². The Morgan fingerprint density at radius 2 is 2.04 bits per heavy atom. The van der Waals surface area contributed by atoms with Crippen molar-refractivity contribution in [3.8, 4) is 0 Å². The SMILES string of the molecule is CC1(C)OC[C@H]2O[C@H](CCCOC(=O)c3ccccc3)C=C[C@@H]2O1. The molecule has 0 aromatic heterocycles.